The molecule has 4 heteroatoms. The van der Waals surface area contributed by atoms with Crippen LogP contribution in [0.5, 0.6) is 0 Å². The molecule has 1 atom stereocenters. The third kappa shape index (κ3) is 2.26. The van der Waals surface area contributed by atoms with Crippen LogP contribution in [0.1, 0.15) is 12.8 Å². The molecule has 2 rings (SSSR count). The average molecular weight is 205 g/mol. The Balaban J connectivity index is 2.08. The summed E-state index contributed by atoms with van der Waals surface area (Å²) in [6, 6.07) is 3.92. The zero-order chi connectivity index (χ0) is 10.7. The van der Waals surface area contributed by atoms with Gasteiger partial charge in [0.15, 0.2) is 0 Å². The molecule has 0 spiro atoms. The van der Waals surface area contributed by atoms with Crippen molar-refractivity contribution < 1.29 is 4.79 Å². The van der Waals surface area contributed by atoms with Crippen molar-refractivity contribution in [2.45, 2.75) is 12.8 Å². The molecule has 1 aliphatic rings. The molecular formula is C11H15N3O. The van der Waals surface area contributed by atoms with Crippen molar-refractivity contribution in [1.82, 2.24) is 4.98 Å². The summed E-state index contributed by atoms with van der Waals surface area (Å²) in [6.45, 7) is 1.73. The summed E-state index contributed by atoms with van der Waals surface area (Å²) >= 11 is 0. The second kappa shape index (κ2) is 4.29. The lowest BCUT2D eigenvalue weighted by Gasteiger charge is -2.32. The molecule has 15 heavy (non-hydrogen) atoms. The molecule has 4 nitrogen and oxygen atoms in total. The Kier molecular flexibility index (Phi) is 2.85. The van der Waals surface area contributed by atoms with Gasteiger partial charge in [-0.25, -0.2) is 0 Å². The summed E-state index contributed by atoms with van der Waals surface area (Å²) < 4.78 is 0. The van der Waals surface area contributed by atoms with E-state index in [0.717, 1.165) is 31.6 Å². The highest BCUT2D eigenvalue weighted by Crippen LogP contribution is 2.21. The topological polar surface area (TPSA) is 59.2 Å². The van der Waals surface area contributed by atoms with Gasteiger partial charge in [-0.1, -0.05) is 0 Å². The van der Waals surface area contributed by atoms with Gasteiger partial charge in [0.2, 0.25) is 5.91 Å². The Morgan fingerprint density at radius 2 is 2.20 bits per heavy atom. The number of aromatic nitrogens is 1. The van der Waals surface area contributed by atoms with E-state index in [-0.39, 0.29) is 11.8 Å². The number of hydrogen-bond donors (Lipinski definition) is 1. The maximum Gasteiger partial charge on any atom is 0.222 e. The monoisotopic (exact) mass is 205 g/mol. The molecule has 0 radical (unpaired) electrons. The fourth-order valence-electron chi connectivity index (χ4n) is 2.00. The second-order valence-corrected chi connectivity index (χ2v) is 3.89. The first-order chi connectivity index (χ1) is 7.27. The maximum absolute atomic E-state index is 11.1. The molecule has 2 N–H and O–H groups in total. The van der Waals surface area contributed by atoms with Crippen LogP contribution in [0, 0.1) is 5.92 Å². The van der Waals surface area contributed by atoms with Gasteiger partial charge in [0.25, 0.3) is 0 Å². The Labute approximate surface area is 89.1 Å². The van der Waals surface area contributed by atoms with Crippen LogP contribution in [-0.2, 0) is 4.79 Å². The summed E-state index contributed by atoms with van der Waals surface area (Å²) in [5, 5.41) is 0. The lowest BCUT2D eigenvalue weighted by Crippen LogP contribution is -2.41. The van der Waals surface area contributed by atoms with Crippen LogP contribution in [-0.4, -0.2) is 24.0 Å². The van der Waals surface area contributed by atoms with Crippen molar-refractivity contribution in [3.05, 3.63) is 24.5 Å². The first-order valence-corrected chi connectivity index (χ1v) is 5.21. The Hall–Kier alpha value is -1.58. The number of hydrogen-bond acceptors (Lipinski definition) is 3. The summed E-state index contributed by atoms with van der Waals surface area (Å²) in [5.41, 5.74) is 6.45. The molecule has 80 valence electrons. The molecule has 1 saturated heterocycles. The number of rotatable bonds is 2. The van der Waals surface area contributed by atoms with Crippen molar-refractivity contribution in [3.63, 3.8) is 0 Å². The molecule has 0 saturated carbocycles. The van der Waals surface area contributed by atoms with E-state index >= 15 is 0 Å². The van der Waals surface area contributed by atoms with Gasteiger partial charge in [-0.2, -0.15) is 0 Å². The molecule has 1 aromatic heterocycles. The number of piperidine rings is 1. The summed E-state index contributed by atoms with van der Waals surface area (Å²) in [6.07, 6.45) is 5.47. The van der Waals surface area contributed by atoms with Gasteiger partial charge in [-0.3, -0.25) is 9.78 Å². The lowest BCUT2D eigenvalue weighted by atomic mass is 9.97. The highest BCUT2D eigenvalue weighted by atomic mass is 16.1. The van der Waals surface area contributed by atoms with E-state index in [1.54, 1.807) is 12.4 Å². The number of pyridine rings is 1. The van der Waals surface area contributed by atoms with E-state index in [1.807, 2.05) is 12.1 Å². The number of nitrogens with two attached hydrogens (primary N) is 1. The van der Waals surface area contributed by atoms with E-state index < -0.39 is 0 Å². The minimum atomic E-state index is -0.186. The van der Waals surface area contributed by atoms with Crippen LogP contribution in [0.2, 0.25) is 0 Å². The van der Waals surface area contributed by atoms with Crippen molar-refractivity contribution in [2.75, 3.05) is 18.0 Å². The number of nitrogens with zero attached hydrogens (tertiary/aromatic N) is 2. The predicted octanol–water partition coefficient (Wildman–Crippen LogP) is 0.783. The Morgan fingerprint density at radius 1 is 1.47 bits per heavy atom. The van der Waals surface area contributed by atoms with E-state index in [2.05, 4.69) is 9.88 Å². The largest absolute Gasteiger partial charge is 0.371 e. The van der Waals surface area contributed by atoms with Crippen LogP contribution < -0.4 is 10.6 Å². The quantitative estimate of drug-likeness (QED) is 0.776. The number of amides is 1. The summed E-state index contributed by atoms with van der Waals surface area (Å²) in [5.74, 6) is -0.194. The SMILES string of the molecule is NC(=O)[C@H]1CCCN(c2ccncc2)C1. The van der Waals surface area contributed by atoms with Crippen LogP contribution in [0.25, 0.3) is 0 Å². The number of carbonyl (C=O) groups is 1. The third-order valence-electron chi connectivity index (χ3n) is 2.85. The van der Waals surface area contributed by atoms with E-state index in [4.69, 9.17) is 5.73 Å². The maximum atomic E-state index is 11.1. The minimum Gasteiger partial charge on any atom is -0.371 e. The van der Waals surface area contributed by atoms with Crippen molar-refractivity contribution in [3.8, 4) is 0 Å². The molecule has 0 aromatic carbocycles. The molecule has 0 aliphatic carbocycles. The van der Waals surface area contributed by atoms with Gasteiger partial charge in [0.05, 0.1) is 5.92 Å². The smallest absolute Gasteiger partial charge is 0.222 e. The van der Waals surface area contributed by atoms with Gasteiger partial charge in [-0.05, 0) is 25.0 Å². The average Bonchev–Trinajstić information content (AvgIpc) is 2.30. The van der Waals surface area contributed by atoms with Crippen LogP contribution in [0.15, 0.2) is 24.5 Å². The molecule has 1 fully saturated rings. The van der Waals surface area contributed by atoms with Crippen molar-refractivity contribution >= 4 is 11.6 Å². The third-order valence-corrected chi connectivity index (χ3v) is 2.85. The predicted molar refractivity (Wildman–Crippen MR) is 58.4 cm³/mol. The fraction of sp³-hybridized carbons (Fsp3) is 0.455. The normalized spacial score (nSPS) is 21.3. The number of anilines is 1. The molecule has 0 bridgehead atoms. The zero-order valence-electron chi connectivity index (χ0n) is 8.60. The lowest BCUT2D eigenvalue weighted by molar-refractivity contribution is -0.122. The molecule has 1 aliphatic heterocycles. The van der Waals surface area contributed by atoms with E-state index in [0.29, 0.717) is 0 Å². The van der Waals surface area contributed by atoms with Crippen molar-refractivity contribution in [1.29, 1.82) is 0 Å². The van der Waals surface area contributed by atoms with Gasteiger partial charge in [0.1, 0.15) is 0 Å². The Bertz CT molecular complexity index is 339. The molecular weight excluding hydrogens is 190 g/mol. The van der Waals surface area contributed by atoms with Crippen molar-refractivity contribution in [2.24, 2.45) is 11.7 Å². The fourth-order valence-corrected chi connectivity index (χ4v) is 2.00. The zero-order valence-corrected chi connectivity index (χ0v) is 8.60. The van der Waals surface area contributed by atoms with Gasteiger partial charge in [0, 0.05) is 31.2 Å². The van der Waals surface area contributed by atoms with Gasteiger partial charge in [-0.15, -0.1) is 0 Å². The van der Waals surface area contributed by atoms with Crippen LogP contribution >= 0.6 is 0 Å². The van der Waals surface area contributed by atoms with E-state index in [1.165, 1.54) is 0 Å². The number of primary amides is 1. The van der Waals surface area contributed by atoms with Gasteiger partial charge >= 0.3 is 0 Å². The van der Waals surface area contributed by atoms with Crippen LogP contribution in [0.3, 0.4) is 0 Å². The van der Waals surface area contributed by atoms with E-state index in [9.17, 15) is 4.79 Å². The first-order valence-electron chi connectivity index (χ1n) is 5.21. The Morgan fingerprint density at radius 3 is 2.87 bits per heavy atom. The van der Waals surface area contributed by atoms with Crippen LogP contribution in [0.4, 0.5) is 5.69 Å². The summed E-state index contributed by atoms with van der Waals surface area (Å²) in [7, 11) is 0. The highest BCUT2D eigenvalue weighted by molar-refractivity contribution is 5.77. The molecule has 1 aromatic rings. The minimum absolute atomic E-state index is 0.00749. The molecule has 0 unspecified atom stereocenters. The number of carbonyl (C=O) groups excluding carboxylic acids is 1. The second-order valence-electron chi connectivity index (χ2n) is 3.89. The van der Waals surface area contributed by atoms with Gasteiger partial charge < -0.3 is 10.6 Å². The molecule has 2 heterocycles. The molecule has 1 amide bonds. The highest BCUT2D eigenvalue weighted by Gasteiger charge is 2.23. The standard InChI is InChI=1S/C11H15N3O/c12-11(15)9-2-1-7-14(8-9)10-3-5-13-6-4-10/h3-6,9H,1-2,7-8H2,(H2,12,15)/t9-/m0/s1. The summed E-state index contributed by atoms with van der Waals surface area (Å²) in [4.78, 5) is 17.3. The first kappa shape index (κ1) is 9.96.